The van der Waals surface area contributed by atoms with Gasteiger partial charge < -0.3 is 14.6 Å². The smallest absolute Gasteiger partial charge is 0.481 e. The molecular formula is C20H30O5. The number of rotatable bonds is 13. The summed E-state index contributed by atoms with van der Waals surface area (Å²) in [4.78, 5) is 22.6. The fraction of sp³-hybridized carbons (Fsp3) is 0.600. The summed E-state index contributed by atoms with van der Waals surface area (Å²) in [6.45, 7) is 2.41. The molecule has 0 fully saturated rings. The number of carboxylic acid groups (broad SMARTS) is 1. The molecule has 1 aromatic carbocycles. The molecule has 5 heteroatoms. The molecule has 1 N–H and O–H groups in total. The largest absolute Gasteiger partial charge is 0.508 e. The molecule has 5 nitrogen and oxygen atoms in total. The number of unbranched alkanes of at least 4 members (excludes halogenated alkanes) is 4. The Kier molecular flexibility index (Phi) is 11.2. The first-order valence-corrected chi connectivity index (χ1v) is 9.21. The van der Waals surface area contributed by atoms with Crippen molar-refractivity contribution in [1.82, 2.24) is 0 Å². The molecule has 0 bridgehead atoms. The maximum atomic E-state index is 11.8. The summed E-state index contributed by atoms with van der Waals surface area (Å²) in [7, 11) is 0. The van der Waals surface area contributed by atoms with E-state index in [4.69, 9.17) is 14.6 Å². The monoisotopic (exact) mass is 350 g/mol. The first kappa shape index (κ1) is 21.0. The van der Waals surface area contributed by atoms with Crippen molar-refractivity contribution < 1.29 is 24.2 Å². The van der Waals surface area contributed by atoms with E-state index in [9.17, 15) is 9.59 Å². The van der Waals surface area contributed by atoms with Gasteiger partial charge in [-0.2, -0.15) is 0 Å². The van der Waals surface area contributed by atoms with E-state index in [1.54, 1.807) is 0 Å². The van der Waals surface area contributed by atoms with Gasteiger partial charge in [-0.3, -0.25) is 4.79 Å². The molecule has 1 aromatic rings. The van der Waals surface area contributed by atoms with E-state index >= 15 is 0 Å². The van der Waals surface area contributed by atoms with Crippen LogP contribution in [0.4, 0.5) is 4.79 Å². The molecule has 0 radical (unpaired) electrons. The van der Waals surface area contributed by atoms with Crippen LogP contribution in [0.3, 0.4) is 0 Å². The minimum Gasteiger partial charge on any atom is -0.481 e. The SMILES string of the molecule is CCCCCCCC(CCC(=O)O)OC(=O)OCCc1ccccc1. The highest BCUT2D eigenvalue weighted by molar-refractivity contribution is 5.66. The van der Waals surface area contributed by atoms with Gasteiger partial charge in [0.2, 0.25) is 0 Å². The van der Waals surface area contributed by atoms with Gasteiger partial charge in [0, 0.05) is 12.8 Å². The van der Waals surface area contributed by atoms with Crippen molar-refractivity contribution in [3.05, 3.63) is 35.9 Å². The highest BCUT2D eigenvalue weighted by Crippen LogP contribution is 2.15. The fourth-order valence-electron chi connectivity index (χ4n) is 2.59. The molecule has 1 atom stereocenters. The van der Waals surface area contributed by atoms with E-state index in [0.29, 0.717) is 19.3 Å². The van der Waals surface area contributed by atoms with E-state index in [2.05, 4.69) is 6.92 Å². The topological polar surface area (TPSA) is 72.8 Å². The summed E-state index contributed by atoms with van der Waals surface area (Å²) in [6, 6.07) is 9.76. The Morgan fingerprint density at radius 2 is 1.76 bits per heavy atom. The molecule has 1 rings (SSSR count). The lowest BCUT2D eigenvalue weighted by Crippen LogP contribution is -2.21. The minimum absolute atomic E-state index is 0.00305. The van der Waals surface area contributed by atoms with Crippen LogP contribution >= 0.6 is 0 Å². The number of ether oxygens (including phenoxy) is 2. The molecule has 0 spiro atoms. The van der Waals surface area contributed by atoms with Gasteiger partial charge in [-0.05, 0) is 24.8 Å². The Hall–Kier alpha value is -2.04. The Balaban J connectivity index is 2.29. The van der Waals surface area contributed by atoms with Crippen LogP contribution in [-0.2, 0) is 20.7 Å². The second kappa shape index (κ2) is 13.3. The summed E-state index contributed by atoms with van der Waals surface area (Å²) in [6.07, 6.45) is 6.08. The van der Waals surface area contributed by atoms with Crippen LogP contribution < -0.4 is 0 Å². The van der Waals surface area contributed by atoms with Crippen LogP contribution in [0, 0.1) is 0 Å². The number of hydrogen-bond acceptors (Lipinski definition) is 4. The molecule has 0 amide bonds. The van der Waals surface area contributed by atoms with Gasteiger partial charge in [-0.25, -0.2) is 4.79 Å². The Bertz CT molecular complexity index is 486. The molecule has 0 aliphatic heterocycles. The summed E-state index contributed by atoms with van der Waals surface area (Å²) >= 11 is 0. The molecule has 25 heavy (non-hydrogen) atoms. The lowest BCUT2D eigenvalue weighted by molar-refractivity contribution is -0.137. The third kappa shape index (κ3) is 11.2. The molecule has 1 unspecified atom stereocenters. The zero-order chi connectivity index (χ0) is 18.3. The highest BCUT2D eigenvalue weighted by Gasteiger charge is 2.17. The van der Waals surface area contributed by atoms with Gasteiger partial charge in [0.15, 0.2) is 0 Å². The van der Waals surface area contributed by atoms with E-state index < -0.39 is 12.1 Å². The van der Waals surface area contributed by atoms with Crippen LogP contribution in [0.25, 0.3) is 0 Å². The van der Waals surface area contributed by atoms with Crippen LogP contribution in [0.5, 0.6) is 0 Å². The van der Waals surface area contributed by atoms with Crippen molar-refractivity contribution in [3.8, 4) is 0 Å². The third-order valence-electron chi connectivity index (χ3n) is 4.03. The van der Waals surface area contributed by atoms with E-state index in [0.717, 1.165) is 24.8 Å². The quantitative estimate of drug-likeness (QED) is 0.401. The number of aliphatic carboxylic acids is 1. The van der Waals surface area contributed by atoms with Gasteiger partial charge >= 0.3 is 12.1 Å². The lowest BCUT2D eigenvalue weighted by Gasteiger charge is -2.17. The number of benzene rings is 1. The Morgan fingerprint density at radius 3 is 2.44 bits per heavy atom. The van der Waals surface area contributed by atoms with Crippen LogP contribution in [0.15, 0.2) is 30.3 Å². The molecule has 140 valence electrons. The van der Waals surface area contributed by atoms with Crippen LogP contribution in [0.2, 0.25) is 0 Å². The maximum absolute atomic E-state index is 11.8. The highest BCUT2D eigenvalue weighted by atomic mass is 16.7. The van der Waals surface area contributed by atoms with Crippen molar-refractivity contribution in [2.24, 2.45) is 0 Å². The van der Waals surface area contributed by atoms with Crippen molar-refractivity contribution in [2.75, 3.05) is 6.61 Å². The van der Waals surface area contributed by atoms with Crippen LogP contribution in [-0.4, -0.2) is 29.9 Å². The Labute approximate surface area is 150 Å². The third-order valence-corrected chi connectivity index (χ3v) is 4.03. The van der Waals surface area contributed by atoms with Gasteiger partial charge in [-0.1, -0.05) is 62.9 Å². The predicted octanol–water partition coefficient (Wildman–Crippen LogP) is 4.98. The average molecular weight is 350 g/mol. The zero-order valence-corrected chi connectivity index (χ0v) is 15.1. The lowest BCUT2D eigenvalue weighted by atomic mass is 10.0. The first-order chi connectivity index (χ1) is 12.1. The number of carbonyl (C=O) groups is 2. The Morgan fingerprint density at radius 1 is 1.04 bits per heavy atom. The summed E-state index contributed by atoms with van der Waals surface area (Å²) in [5.41, 5.74) is 1.09. The predicted molar refractivity (Wildman–Crippen MR) is 96.6 cm³/mol. The van der Waals surface area contributed by atoms with E-state index in [1.807, 2.05) is 30.3 Å². The van der Waals surface area contributed by atoms with Gasteiger partial charge in [0.05, 0.1) is 6.61 Å². The fourth-order valence-corrected chi connectivity index (χ4v) is 2.59. The number of hydrogen-bond donors (Lipinski definition) is 1. The van der Waals surface area contributed by atoms with Gasteiger partial charge in [0.25, 0.3) is 0 Å². The normalized spacial score (nSPS) is 11.7. The van der Waals surface area contributed by atoms with Crippen LogP contribution in [0.1, 0.15) is 63.9 Å². The van der Waals surface area contributed by atoms with E-state index in [1.165, 1.54) is 12.8 Å². The summed E-state index contributed by atoms with van der Waals surface area (Å²) in [5, 5.41) is 8.83. The summed E-state index contributed by atoms with van der Waals surface area (Å²) < 4.78 is 10.4. The molecular weight excluding hydrogens is 320 g/mol. The van der Waals surface area contributed by atoms with Crippen molar-refractivity contribution in [1.29, 1.82) is 0 Å². The number of carboxylic acids is 1. The molecule has 0 aliphatic carbocycles. The second-order valence-electron chi connectivity index (χ2n) is 6.21. The molecule has 0 aromatic heterocycles. The molecule has 0 aliphatic rings. The summed E-state index contributed by atoms with van der Waals surface area (Å²) in [5.74, 6) is -0.878. The molecule has 0 saturated carbocycles. The van der Waals surface area contributed by atoms with Crippen molar-refractivity contribution >= 4 is 12.1 Å². The zero-order valence-electron chi connectivity index (χ0n) is 15.1. The standard InChI is InChI=1S/C20H30O5/c1-2-3-4-5-9-12-18(13-14-19(21)22)25-20(23)24-16-15-17-10-7-6-8-11-17/h6-8,10-11,18H,2-5,9,12-16H2,1H3,(H,21,22). The molecule has 0 saturated heterocycles. The maximum Gasteiger partial charge on any atom is 0.508 e. The van der Waals surface area contributed by atoms with Crippen molar-refractivity contribution in [3.63, 3.8) is 0 Å². The number of carbonyl (C=O) groups excluding carboxylic acids is 1. The van der Waals surface area contributed by atoms with Gasteiger partial charge in [0.1, 0.15) is 6.10 Å². The minimum atomic E-state index is -0.878. The second-order valence-corrected chi connectivity index (χ2v) is 6.21. The van der Waals surface area contributed by atoms with Crippen molar-refractivity contribution in [2.45, 2.75) is 70.8 Å². The first-order valence-electron chi connectivity index (χ1n) is 9.21. The average Bonchev–Trinajstić information content (AvgIpc) is 2.60. The van der Waals surface area contributed by atoms with E-state index in [-0.39, 0.29) is 19.1 Å². The molecule has 0 heterocycles. The van der Waals surface area contributed by atoms with Gasteiger partial charge in [-0.15, -0.1) is 0 Å².